The van der Waals surface area contributed by atoms with E-state index < -0.39 is 28.9 Å². The van der Waals surface area contributed by atoms with Crippen LogP contribution in [0.4, 0.5) is 13.2 Å². The number of nitrogens with zero attached hydrogens (tertiary/aromatic N) is 3. The van der Waals surface area contributed by atoms with E-state index in [4.69, 9.17) is 17.5 Å². The van der Waals surface area contributed by atoms with Crippen molar-refractivity contribution in [2.45, 2.75) is 43.7 Å². The molecule has 1 saturated carbocycles. The molecule has 1 aliphatic heterocycles. The van der Waals surface area contributed by atoms with Gasteiger partial charge in [-0.2, -0.15) is 5.26 Å². The van der Waals surface area contributed by atoms with Crippen LogP contribution in [0.3, 0.4) is 0 Å². The molecule has 146 valence electrons. The van der Waals surface area contributed by atoms with Crippen molar-refractivity contribution in [1.29, 1.82) is 5.26 Å². The Balaban J connectivity index is 1.63. The maximum atomic E-state index is 14.2. The molecule has 2 aromatic rings. The van der Waals surface area contributed by atoms with Gasteiger partial charge in [0.05, 0.1) is 12.5 Å². The van der Waals surface area contributed by atoms with E-state index >= 15 is 0 Å². The number of nitrogens with one attached hydrogen (secondary N) is 1. The van der Waals surface area contributed by atoms with Gasteiger partial charge >= 0.3 is 0 Å². The Labute approximate surface area is 164 Å². The van der Waals surface area contributed by atoms with Gasteiger partial charge in [0.15, 0.2) is 16.4 Å². The van der Waals surface area contributed by atoms with Crippen molar-refractivity contribution in [3.63, 3.8) is 0 Å². The fraction of sp³-hybridized carbons (Fsp3) is 0.421. The second-order valence-electron chi connectivity index (χ2n) is 7.42. The van der Waals surface area contributed by atoms with E-state index in [0.717, 1.165) is 12.1 Å². The summed E-state index contributed by atoms with van der Waals surface area (Å²) in [4.78, 5) is 12.4. The van der Waals surface area contributed by atoms with E-state index in [1.165, 1.54) is 0 Å². The summed E-state index contributed by atoms with van der Waals surface area (Å²) in [5.41, 5.74) is 0.275. The minimum atomic E-state index is -1.19. The van der Waals surface area contributed by atoms with Crippen LogP contribution in [0, 0.1) is 33.6 Å². The monoisotopic (exact) mass is 406 g/mol. The maximum Gasteiger partial charge on any atom is 0.227 e. The third-order valence-electron chi connectivity index (χ3n) is 5.58. The fourth-order valence-corrected chi connectivity index (χ4v) is 4.17. The number of aromatic nitrogens is 2. The first kappa shape index (κ1) is 18.7. The topological polar surface area (TPSA) is 62.8 Å². The molecule has 1 aromatic heterocycles. The van der Waals surface area contributed by atoms with Crippen LogP contribution in [0.25, 0.3) is 0 Å². The van der Waals surface area contributed by atoms with Gasteiger partial charge in [-0.25, -0.2) is 13.2 Å². The zero-order chi connectivity index (χ0) is 20.2. The van der Waals surface area contributed by atoms with Gasteiger partial charge in [-0.1, -0.05) is 0 Å². The lowest BCUT2D eigenvalue weighted by molar-refractivity contribution is -0.121. The number of carbonyl (C=O) groups is 1. The molecule has 2 aliphatic rings. The molecule has 9 heteroatoms. The summed E-state index contributed by atoms with van der Waals surface area (Å²) in [5, 5.41) is 11.9. The van der Waals surface area contributed by atoms with Gasteiger partial charge in [-0.3, -0.25) is 4.79 Å². The minimum absolute atomic E-state index is 0.00668. The number of benzene rings is 1. The van der Waals surface area contributed by atoms with Gasteiger partial charge in [0.2, 0.25) is 5.91 Å². The first-order chi connectivity index (χ1) is 13.3. The van der Waals surface area contributed by atoms with Crippen molar-refractivity contribution in [2.24, 2.45) is 7.05 Å². The summed E-state index contributed by atoms with van der Waals surface area (Å²) in [5.74, 6) is -3.99. The Hall–Kier alpha value is -2.60. The third kappa shape index (κ3) is 2.92. The maximum absolute atomic E-state index is 14.2. The highest BCUT2D eigenvalue weighted by Crippen LogP contribution is 2.37. The van der Waals surface area contributed by atoms with Crippen molar-refractivity contribution >= 4 is 18.1 Å². The lowest BCUT2D eigenvalue weighted by Gasteiger charge is -2.14. The standard InChI is InChI=1S/C19H17F3N4OS/c1-25-13(7-15(27)24-19(9-23)4-5-19)14-6-10(8-26(14)18(25)28)16-11(20)2-3-12(21)17(16)22/h2-3,10H,4-8H2,1H3,(H,24,27). The van der Waals surface area contributed by atoms with Crippen LogP contribution in [-0.2, 0) is 31.2 Å². The molecule has 0 saturated heterocycles. The number of imidazole rings is 1. The highest BCUT2D eigenvalue weighted by Gasteiger charge is 2.44. The molecule has 1 N–H and O–H groups in total. The lowest BCUT2D eigenvalue weighted by atomic mass is 9.95. The van der Waals surface area contributed by atoms with E-state index in [1.54, 1.807) is 16.2 Å². The van der Waals surface area contributed by atoms with Gasteiger partial charge < -0.3 is 14.5 Å². The minimum Gasteiger partial charge on any atom is -0.337 e. The highest BCUT2D eigenvalue weighted by atomic mass is 32.1. The van der Waals surface area contributed by atoms with Crippen LogP contribution in [0.2, 0.25) is 0 Å². The molecule has 0 spiro atoms. The van der Waals surface area contributed by atoms with E-state index in [2.05, 4.69) is 11.4 Å². The number of nitriles is 1. The summed E-state index contributed by atoms with van der Waals surface area (Å²) in [7, 11) is 1.73. The first-order valence-corrected chi connectivity index (χ1v) is 9.30. The van der Waals surface area contributed by atoms with Gasteiger partial charge in [-0.05, 0) is 43.6 Å². The summed E-state index contributed by atoms with van der Waals surface area (Å²) in [6.45, 7) is 0.211. The number of hydrogen-bond donors (Lipinski definition) is 1. The molecule has 0 radical (unpaired) electrons. The van der Waals surface area contributed by atoms with Crippen LogP contribution in [-0.4, -0.2) is 20.6 Å². The van der Waals surface area contributed by atoms with E-state index in [0.29, 0.717) is 29.0 Å². The average molecular weight is 406 g/mol. The van der Waals surface area contributed by atoms with Gasteiger partial charge in [-0.15, -0.1) is 0 Å². The van der Waals surface area contributed by atoms with E-state index in [9.17, 15) is 18.0 Å². The van der Waals surface area contributed by atoms with Gasteiger partial charge in [0, 0.05) is 36.5 Å². The summed E-state index contributed by atoms with van der Waals surface area (Å²) in [6, 6.07) is 3.79. The molecule has 1 fully saturated rings. The average Bonchev–Trinajstić information content (AvgIpc) is 3.25. The SMILES string of the molecule is Cn1c(CC(=O)NC2(C#N)CC2)c2n(c1=S)CC(c1c(F)ccc(F)c1F)C2. The predicted molar refractivity (Wildman–Crippen MR) is 96.4 cm³/mol. The van der Waals surface area contributed by atoms with Crippen molar-refractivity contribution < 1.29 is 18.0 Å². The second kappa shape index (κ2) is 6.48. The quantitative estimate of drug-likeness (QED) is 0.627. The molecule has 1 unspecified atom stereocenters. The largest absolute Gasteiger partial charge is 0.337 e. The molecule has 0 bridgehead atoms. The number of carbonyl (C=O) groups excluding carboxylic acids is 1. The number of fused-ring (bicyclic) bond motifs is 1. The van der Waals surface area contributed by atoms with Crippen molar-refractivity contribution in [2.75, 3.05) is 0 Å². The third-order valence-corrected chi connectivity index (χ3v) is 6.08. The smallest absolute Gasteiger partial charge is 0.227 e. The zero-order valence-electron chi connectivity index (χ0n) is 15.1. The predicted octanol–water partition coefficient (Wildman–Crippen LogP) is 3.03. The van der Waals surface area contributed by atoms with Crippen LogP contribution >= 0.6 is 12.2 Å². The Bertz CT molecular complexity index is 1090. The summed E-state index contributed by atoms with van der Waals surface area (Å²) >= 11 is 5.41. The normalized spacial score (nSPS) is 19.2. The van der Waals surface area contributed by atoms with E-state index in [1.807, 2.05) is 0 Å². The van der Waals surface area contributed by atoms with Crippen molar-refractivity contribution in [1.82, 2.24) is 14.5 Å². The van der Waals surface area contributed by atoms with Crippen LogP contribution in [0.1, 0.15) is 35.7 Å². The first-order valence-electron chi connectivity index (χ1n) is 8.89. The Morgan fingerprint density at radius 2 is 2.04 bits per heavy atom. The van der Waals surface area contributed by atoms with Crippen LogP contribution < -0.4 is 5.32 Å². The van der Waals surface area contributed by atoms with Crippen molar-refractivity contribution in [3.05, 3.63) is 51.3 Å². The fourth-order valence-electron chi connectivity index (χ4n) is 3.88. The van der Waals surface area contributed by atoms with Crippen molar-refractivity contribution in [3.8, 4) is 6.07 Å². The number of amides is 1. The van der Waals surface area contributed by atoms with Gasteiger partial charge in [0.25, 0.3) is 0 Å². The lowest BCUT2D eigenvalue weighted by Crippen LogP contribution is -2.37. The number of rotatable bonds is 4. The molecule has 1 aromatic carbocycles. The van der Waals surface area contributed by atoms with E-state index in [-0.39, 0.29) is 30.9 Å². The molecule has 28 heavy (non-hydrogen) atoms. The molecule has 1 atom stereocenters. The highest BCUT2D eigenvalue weighted by molar-refractivity contribution is 7.71. The zero-order valence-corrected chi connectivity index (χ0v) is 15.9. The van der Waals surface area contributed by atoms with Gasteiger partial charge in [0.1, 0.15) is 11.4 Å². The second-order valence-corrected chi connectivity index (χ2v) is 7.79. The van der Waals surface area contributed by atoms with Crippen LogP contribution in [0.5, 0.6) is 0 Å². The van der Waals surface area contributed by atoms with Crippen LogP contribution in [0.15, 0.2) is 12.1 Å². The molecular formula is C19H17F3N4OS. The Morgan fingerprint density at radius 1 is 1.36 bits per heavy atom. The molecule has 2 heterocycles. The molecule has 4 rings (SSSR count). The molecular weight excluding hydrogens is 389 g/mol. The summed E-state index contributed by atoms with van der Waals surface area (Å²) < 4.78 is 45.9. The summed E-state index contributed by atoms with van der Waals surface area (Å²) in [6.07, 6.45) is 1.50. The number of halogens is 3. The molecule has 1 amide bonds. The number of hydrogen-bond acceptors (Lipinski definition) is 3. The molecule has 5 nitrogen and oxygen atoms in total. The Kier molecular flexibility index (Phi) is 4.34. The Morgan fingerprint density at radius 3 is 2.68 bits per heavy atom. The molecule has 1 aliphatic carbocycles.